The van der Waals surface area contributed by atoms with Crippen LogP contribution in [0.3, 0.4) is 0 Å². The fraction of sp³-hybridized carbons (Fsp3) is 0.105. The number of nitrogens with zero attached hydrogens (tertiary/aromatic N) is 3. The summed E-state index contributed by atoms with van der Waals surface area (Å²) in [5.74, 6) is 1.47. The van der Waals surface area contributed by atoms with Crippen molar-refractivity contribution >= 4 is 5.69 Å². The summed E-state index contributed by atoms with van der Waals surface area (Å²) in [4.78, 5) is 0. The summed E-state index contributed by atoms with van der Waals surface area (Å²) in [6.07, 6.45) is 0. The van der Waals surface area contributed by atoms with Crippen molar-refractivity contribution in [2.24, 2.45) is 0 Å². The normalized spacial score (nSPS) is 9.12. The van der Waals surface area contributed by atoms with Gasteiger partial charge in [-0.15, -0.1) is 0 Å². The second-order valence-electron chi connectivity index (χ2n) is 5.06. The van der Waals surface area contributed by atoms with E-state index in [0.29, 0.717) is 11.4 Å². The zero-order valence-electron chi connectivity index (χ0n) is 13.3. The summed E-state index contributed by atoms with van der Waals surface area (Å²) < 4.78 is 5.91. The Bertz CT molecular complexity index is 908. The molecule has 0 saturated heterocycles. The molecule has 0 aromatic heterocycles. The number of hydrogen-bond acceptors (Lipinski definition) is 5. The van der Waals surface area contributed by atoms with E-state index in [-0.39, 0.29) is 11.3 Å². The minimum atomic E-state index is -0.254. The highest BCUT2D eigenvalue weighted by Gasteiger charge is 2.08. The molecule has 0 aliphatic carbocycles. The molecule has 0 aliphatic heterocycles. The van der Waals surface area contributed by atoms with Gasteiger partial charge in [0.25, 0.3) is 0 Å². The van der Waals surface area contributed by atoms with Crippen LogP contribution in [0, 0.1) is 47.8 Å². The van der Waals surface area contributed by atoms with E-state index in [0.717, 1.165) is 16.9 Å². The van der Waals surface area contributed by atoms with Crippen LogP contribution in [-0.4, -0.2) is 0 Å². The molecule has 5 heteroatoms. The van der Waals surface area contributed by atoms with Crippen LogP contribution < -0.4 is 10.1 Å². The molecule has 2 rings (SSSR count). The summed E-state index contributed by atoms with van der Waals surface area (Å²) in [5, 5.41) is 29.6. The fourth-order valence-electron chi connectivity index (χ4n) is 2.06. The van der Waals surface area contributed by atoms with Gasteiger partial charge in [-0.3, -0.25) is 0 Å². The lowest BCUT2D eigenvalue weighted by Gasteiger charge is -2.12. The van der Waals surface area contributed by atoms with E-state index in [1.54, 1.807) is 30.3 Å². The van der Waals surface area contributed by atoms with Crippen LogP contribution in [0.25, 0.3) is 0 Å². The van der Waals surface area contributed by atoms with Crippen LogP contribution in [0.5, 0.6) is 11.5 Å². The Morgan fingerprint density at radius 1 is 0.875 bits per heavy atom. The van der Waals surface area contributed by atoms with Gasteiger partial charge < -0.3 is 10.1 Å². The Morgan fingerprint density at radius 2 is 1.54 bits per heavy atom. The van der Waals surface area contributed by atoms with Gasteiger partial charge in [0.15, 0.2) is 5.57 Å². The van der Waals surface area contributed by atoms with Gasteiger partial charge in [0.1, 0.15) is 35.4 Å². The Labute approximate surface area is 140 Å². The molecule has 0 heterocycles. The maximum Gasteiger partial charge on any atom is 0.163 e. The van der Waals surface area contributed by atoms with E-state index in [4.69, 9.17) is 20.5 Å². The Morgan fingerprint density at radius 3 is 2.12 bits per heavy atom. The molecule has 0 bridgehead atoms. The van der Waals surface area contributed by atoms with E-state index in [9.17, 15) is 0 Å². The number of rotatable bonds is 4. The Kier molecular flexibility index (Phi) is 5.19. The first kappa shape index (κ1) is 16.6. The molecule has 0 atom stereocenters. The largest absolute Gasteiger partial charge is 0.457 e. The number of benzene rings is 2. The lowest BCUT2D eigenvalue weighted by Crippen LogP contribution is -2.01. The third kappa shape index (κ3) is 3.71. The van der Waals surface area contributed by atoms with Gasteiger partial charge in [-0.25, -0.2) is 0 Å². The maximum absolute atomic E-state index is 9.07. The van der Waals surface area contributed by atoms with Crippen LogP contribution in [0.1, 0.15) is 11.1 Å². The summed E-state index contributed by atoms with van der Waals surface area (Å²) in [7, 11) is 0. The first-order chi connectivity index (χ1) is 11.6. The second kappa shape index (κ2) is 7.49. The number of hydrogen-bond donors (Lipinski definition) is 1. The molecular formula is C19H14N4O. The molecule has 0 saturated carbocycles. The third-order valence-corrected chi connectivity index (χ3v) is 3.34. The van der Waals surface area contributed by atoms with E-state index >= 15 is 0 Å². The van der Waals surface area contributed by atoms with Gasteiger partial charge in [0.2, 0.25) is 0 Å². The van der Waals surface area contributed by atoms with Crippen LogP contribution >= 0.6 is 0 Å². The smallest absolute Gasteiger partial charge is 0.163 e. The predicted octanol–water partition coefficient (Wildman–Crippen LogP) is 4.33. The van der Waals surface area contributed by atoms with Crippen LogP contribution in [0.4, 0.5) is 5.69 Å². The number of ether oxygens (including phenoxy) is 1. The monoisotopic (exact) mass is 314 g/mol. The molecule has 116 valence electrons. The topological polar surface area (TPSA) is 92.6 Å². The lowest BCUT2D eigenvalue weighted by atomic mass is 10.1. The van der Waals surface area contributed by atoms with E-state index < -0.39 is 0 Å². The minimum absolute atomic E-state index is 0.0769. The van der Waals surface area contributed by atoms with E-state index in [1.165, 1.54) is 0 Å². The number of anilines is 1. The first-order valence-electron chi connectivity index (χ1n) is 7.14. The highest BCUT2D eigenvalue weighted by atomic mass is 16.5. The van der Waals surface area contributed by atoms with Crippen molar-refractivity contribution in [3.63, 3.8) is 0 Å². The van der Waals surface area contributed by atoms with Crippen molar-refractivity contribution in [1.82, 2.24) is 0 Å². The molecule has 5 nitrogen and oxygen atoms in total. The first-order valence-corrected chi connectivity index (χ1v) is 7.14. The number of para-hydroxylation sites is 1. The SMILES string of the molecule is Cc1ccccc1Oc1ccc(NC(C#N)=C(C#N)C#N)cc1C. The third-order valence-electron chi connectivity index (χ3n) is 3.34. The number of allylic oxidation sites excluding steroid dienone is 2. The second-order valence-corrected chi connectivity index (χ2v) is 5.06. The molecule has 0 unspecified atom stereocenters. The summed E-state index contributed by atoms with van der Waals surface area (Å²) in [6.45, 7) is 3.85. The van der Waals surface area contributed by atoms with Crippen molar-refractivity contribution in [2.45, 2.75) is 13.8 Å². The van der Waals surface area contributed by atoms with Crippen LogP contribution in [-0.2, 0) is 0 Å². The summed E-state index contributed by atoms with van der Waals surface area (Å²) in [6, 6.07) is 18.2. The van der Waals surface area contributed by atoms with E-state index in [2.05, 4.69) is 5.32 Å². The molecule has 0 fully saturated rings. The average Bonchev–Trinajstić information content (AvgIpc) is 2.59. The summed E-state index contributed by atoms with van der Waals surface area (Å²) in [5.41, 5.74) is 2.16. The minimum Gasteiger partial charge on any atom is -0.457 e. The quantitative estimate of drug-likeness (QED) is 0.848. The highest BCUT2D eigenvalue weighted by molar-refractivity contribution is 5.60. The number of nitrogens with one attached hydrogen (secondary N) is 1. The molecule has 0 spiro atoms. The van der Waals surface area contributed by atoms with Gasteiger partial charge in [-0.1, -0.05) is 18.2 Å². The molecule has 2 aromatic rings. The van der Waals surface area contributed by atoms with Gasteiger partial charge in [-0.2, -0.15) is 15.8 Å². The molecule has 1 N–H and O–H groups in total. The van der Waals surface area contributed by atoms with E-state index in [1.807, 2.05) is 44.2 Å². The van der Waals surface area contributed by atoms with Crippen molar-refractivity contribution in [3.05, 3.63) is 64.9 Å². The van der Waals surface area contributed by atoms with Crippen LogP contribution in [0.15, 0.2) is 53.7 Å². The van der Waals surface area contributed by atoms with Crippen molar-refractivity contribution in [3.8, 4) is 29.7 Å². The maximum atomic E-state index is 9.07. The average molecular weight is 314 g/mol. The predicted molar refractivity (Wildman–Crippen MR) is 89.9 cm³/mol. The lowest BCUT2D eigenvalue weighted by molar-refractivity contribution is 0.475. The molecular weight excluding hydrogens is 300 g/mol. The van der Waals surface area contributed by atoms with Gasteiger partial charge in [0.05, 0.1) is 0 Å². The van der Waals surface area contributed by atoms with Gasteiger partial charge in [-0.05, 0) is 49.2 Å². The van der Waals surface area contributed by atoms with Gasteiger partial charge in [0, 0.05) is 5.69 Å². The van der Waals surface area contributed by atoms with Gasteiger partial charge >= 0.3 is 0 Å². The molecule has 0 amide bonds. The van der Waals surface area contributed by atoms with Crippen molar-refractivity contribution in [2.75, 3.05) is 5.32 Å². The molecule has 0 radical (unpaired) electrons. The number of aryl methyl sites for hydroxylation is 2. The molecule has 2 aromatic carbocycles. The van der Waals surface area contributed by atoms with Crippen molar-refractivity contribution in [1.29, 1.82) is 15.8 Å². The Hall–Kier alpha value is -3.75. The molecule has 24 heavy (non-hydrogen) atoms. The fourth-order valence-corrected chi connectivity index (χ4v) is 2.06. The summed E-state index contributed by atoms with van der Waals surface area (Å²) >= 11 is 0. The number of nitriles is 3. The zero-order chi connectivity index (χ0) is 17.5. The van der Waals surface area contributed by atoms with Crippen molar-refractivity contribution < 1.29 is 4.74 Å². The highest BCUT2D eigenvalue weighted by Crippen LogP contribution is 2.29. The molecule has 0 aliphatic rings. The van der Waals surface area contributed by atoms with Crippen LogP contribution in [0.2, 0.25) is 0 Å². The standard InChI is InChI=1S/C19H14N4O/c1-13-5-3-4-6-18(13)24-19-8-7-16(9-14(19)2)23-17(12-22)15(10-20)11-21/h3-9,23H,1-2H3. The zero-order valence-corrected chi connectivity index (χ0v) is 13.3. The Balaban J connectivity index is 2.27.